The average Bonchev–Trinajstić information content (AvgIpc) is 3.01. The normalized spacial score (nSPS) is 24.7. The Kier molecular flexibility index (Phi) is 13.5. The topological polar surface area (TPSA) is 73.8 Å². The molecule has 1 heterocycles. The fourth-order valence-electron chi connectivity index (χ4n) is 2.54. The Hall–Kier alpha value is -0.320. The van der Waals surface area contributed by atoms with Crippen molar-refractivity contribution in [1.29, 1.82) is 0 Å². The molecule has 0 N–H and O–H groups in total. The molecule has 4 atom stereocenters. The van der Waals surface area contributed by atoms with Crippen molar-refractivity contribution in [2.45, 2.75) is 24.4 Å². The zero-order chi connectivity index (χ0) is 18.3. The lowest BCUT2D eigenvalue weighted by molar-refractivity contribution is -0.135. The standard InChI is InChI=1S/C17H33O8/c1-5-21-12-14(22-9-6-18-2)17-16(24-11-8-20-4)15(13-25-17)23-10-7-19-3/h14-17H,1,5-13H2,2-4H3. The highest BCUT2D eigenvalue weighted by Crippen LogP contribution is 2.25. The summed E-state index contributed by atoms with van der Waals surface area (Å²) in [6, 6.07) is 0. The molecule has 4 unspecified atom stereocenters. The highest BCUT2D eigenvalue weighted by atomic mass is 16.6. The molecular formula is C17H33O8. The molecule has 149 valence electrons. The summed E-state index contributed by atoms with van der Waals surface area (Å²) in [5.41, 5.74) is 0. The quantitative estimate of drug-likeness (QED) is 0.362. The van der Waals surface area contributed by atoms with E-state index in [9.17, 15) is 0 Å². The fourth-order valence-corrected chi connectivity index (χ4v) is 2.54. The van der Waals surface area contributed by atoms with Crippen LogP contribution >= 0.6 is 0 Å². The SMILES string of the molecule is [CH2]COCC(OCCOC)C1OCC(OCCOC)C1OCCOC. The van der Waals surface area contributed by atoms with Gasteiger partial charge in [0, 0.05) is 27.9 Å². The van der Waals surface area contributed by atoms with Crippen molar-refractivity contribution in [2.75, 3.05) is 80.8 Å². The van der Waals surface area contributed by atoms with Crippen LogP contribution in [0.25, 0.3) is 0 Å². The molecule has 0 bridgehead atoms. The first-order chi connectivity index (χ1) is 12.3. The molecule has 25 heavy (non-hydrogen) atoms. The Morgan fingerprint density at radius 2 is 1.56 bits per heavy atom. The van der Waals surface area contributed by atoms with Crippen molar-refractivity contribution in [2.24, 2.45) is 0 Å². The summed E-state index contributed by atoms with van der Waals surface area (Å²) in [7, 11) is 4.91. The lowest BCUT2D eigenvalue weighted by atomic mass is 10.1. The second-order valence-electron chi connectivity index (χ2n) is 5.51. The van der Waals surface area contributed by atoms with Gasteiger partial charge in [-0.15, -0.1) is 0 Å². The Balaban J connectivity index is 2.66. The van der Waals surface area contributed by atoms with E-state index >= 15 is 0 Å². The number of rotatable bonds is 16. The Morgan fingerprint density at radius 1 is 0.920 bits per heavy atom. The van der Waals surface area contributed by atoms with Crippen molar-refractivity contribution in [1.82, 2.24) is 0 Å². The third kappa shape index (κ3) is 8.74. The van der Waals surface area contributed by atoms with Crippen molar-refractivity contribution >= 4 is 0 Å². The molecule has 0 aliphatic carbocycles. The molecule has 0 spiro atoms. The van der Waals surface area contributed by atoms with E-state index in [1.54, 1.807) is 21.3 Å². The minimum Gasteiger partial charge on any atom is -0.382 e. The van der Waals surface area contributed by atoms with Gasteiger partial charge in [0.1, 0.15) is 24.4 Å². The summed E-state index contributed by atoms with van der Waals surface area (Å²) in [6.45, 7) is 7.74. The van der Waals surface area contributed by atoms with Gasteiger partial charge in [0.05, 0.1) is 52.9 Å². The van der Waals surface area contributed by atoms with Crippen LogP contribution in [-0.2, 0) is 37.9 Å². The van der Waals surface area contributed by atoms with E-state index in [1.807, 2.05) is 0 Å². The Morgan fingerprint density at radius 3 is 2.20 bits per heavy atom. The van der Waals surface area contributed by atoms with Gasteiger partial charge in [0.15, 0.2) is 0 Å². The third-order valence-electron chi connectivity index (χ3n) is 3.77. The highest BCUT2D eigenvalue weighted by Gasteiger charge is 2.44. The van der Waals surface area contributed by atoms with E-state index in [4.69, 9.17) is 37.9 Å². The van der Waals surface area contributed by atoms with Crippen LogP contribution in [0.2, 0.25) is 0 Å². The second kappa shape index (κ2) is 14.8. The molecule has 0 aromatic rings. The molecule has 0 amide bonds. The molecule has 1 aliphatic rings. The van der Waals surface area contributed by atoms with Gasteiger partial charge in [-0.05, 0) is 6.92 Å². The summed E-state index contributed by atoms with van der Waals surface area (Å²) >= 11 is 0. The van der Waals surface area contributed by atoms with Gasteiger partial charge in [-0.25, -0.2) is 0 Å². The van der Waals surface area contributed by atoms with Crippen molar-refractivity contribution in [3.05, 3.63) is 6.92 Å². The number of hydrogen-bond acceptors (Lipinski definition) is 8. The van der Waals surface area contributed by atoms with Crippen LogP contribution in [0.5, 0.6) is 0 Å². The number of ether oxygens (including phenoxy) is 8. The molecule has 8 nitrogen and oxygen atoms in total. The van der Waals surface area contributed by atoms with Crippen LogP contribution in [-0.4, -0.2) is 105 Å². The molecule has 1 saturated heterocycles. The van der Waals surface area contributed by atoms with Gasteiger partial charge in [-0.2, -0.15) is 0 Å². The summed E-state index contributed by atoms with van der Waals surface area (Å²) < 4.78 is 44.2. The van der Waals surface area contributed by atoms with Gasteiger partial charge in [-0.3, -0.25) is 0 Å². The molecule has 1 rings (SSSR count). The summed E-state index contributed by atoms with van der Waals surface area (Å²) in [6.07, 6.45) is -1.05. The molecule has 1 radical (unpaired) electrons. The molecule has 1 fully saturated rings. The zero-order valence-electron chi connectivity index (χ0n) is 15.6. The van der Waals surface area contributed by atoms with Crippen LogP contribution in [0.15, 0.2) is 0 Å². The Labute approximate surface area is 150 Å². The van der Waals surface area contributed by atoms with E-state index in [0.29, 0.717) is 59.5 Å². The maximum absolute atomic E-state index is 5.97. The number of hydrogen-bond donors (Lipinski definition) is 0. The molecular weight excluding hydrogens is 332 g/mol. The van der Waals surface area contributed by atoms with E-state index in [-0.39, 0.29) is 24.4 Å². The summed E-state index contributed by atoms with van der Waals surface area (Å²) in [4.78, 5) is 0. The van der Waals surface area contributed by atoms with Crippen molar-refractivity contribution < 1.29 is 37.9 Å². The summed E-state index contributed by atoms with van der Waals surface area (Å²) in [5, 5.41) is 0. The van der Waals surface area contributed by atoms with Gasteiger partial charge in [0.25, 0.3) is 0 Å². The maximum Gasteiger partial charge on any atom is 0.115 e. The smallest absolute Gasteiger partial charge is 0.115 e. The first kappa shape index (κ1) is 22.7. The molecule has 1 aliphatic heterocycles. The van der Waals surface area contributed by atoms with E-state index in [0.717, 1.165) is 0 Å². The van der Waals surface area contributed by atoms with Gasteiger partial charge < -0.3 is 37.9 Å². The third-order valence-corrected chi connectivity index (χ3v) is 3.77. The predicted octanol–water partition coefficient (Wildman–Crippen LogP) is 0.331. The minimum atomic E-state index is -0.298. The molecule has 0 aromatic heterocycles. The van der Waals surface area contributed by atoms with Crippen LogP contribution in [0.3, 0.4) is 0 Å². The largest absolute Gasteiger partial charge is 0.382 e. The van der Waals surface area contributed by atoms with Crippen LogP contribution in [0.4, 0.5) is 0 Å². The highest BCUT2D eigenvalue weighted by molar-refractivity contribution is 4.91. The van der Waals surface area contributed by atoms with Crippen molar-refractivity contribution in [3.63, 3.8) is 0 Å². The van der Waals surface area contributed by atoms with E-state index in [1.165, 1.54) is 0 Å². The number of methoxy groups -OCH3 is 3. The van der Waals surface area contributed by atoms with Crippen LogP contribution < -0.4 is 0 Å². The summed E-state index contributed by atoms with van der Waals surface area (Å²) in [5.74, 6) is 0. The second-order valence-corrected chi connectivity index (χ2v) is 5.51. The predicted molar refractivity (Wildman–Crippen MR) is 90.8 cm³/mol. The van der Waals surface area contributed by atoms with E-state index < -0.39 is 0 Å². The van der Waals surface area contributed by atoms with Gasteiger partial charge >= 0.3 is 0 Å². The average molecular weight is 365 g/mol. The maximum atomic E-state index is 5.97. The fraction of sp³-hybridized carbons (Fsp3) is 0.941. The van der Waals surface area contributed by atoms with E-state index in [2.05, 4.69) is 6.92 Å². The molecule has 8 heteroatoms. The van der Waals surface area contributed by atoms with Gasteiger partial charge in [-0.1, -0.05) is 0 Å². The zero-order valence-corrected chi connectivity index (χ0v) is 15.6. The first-order valence-electron chi connectivity index (χ1n) is 8.58. The van der Waals surface area contributed by atoms with Crippen LogP contribution in [0.1, 0.15) is 0 Å². The Bertz CT molecular complexity index is 304. The lowest BCUT2D eigenvalue weighted by Crippen LogP contribution is -2.45. The van der Waals surface area contributed by atoms with Gasteiger partial charge in [0.2, 0.25) is 0 Å². The van der Waals surface area contributed by atoms with Crippen LogP contribution in [0, 0.1) is 6.92 Å². The lowest BCUT2D eigenvalue weighted by Gasteiger charge is -2.29. The molecule has 0 saturated carbocycles. The van der Waals surface area contributed by atoms with Crippen molar-refractivity contribution in [3.8, 4) is 0 Å². The minimum absolute atomic E-state index is 0.190. The monoisotopic (exact) mass is 365 g/mol. The molecule has 0 aromatic carbocycles. The first-order valence-corrected chi connectivity index (χ1v) is 8.58.